The van der Waals surface area contributed by atoms with E-state index in [1.807, 2.05) is 39.8 Å². The minimum atomic E-state index is -0.351. The molecule has 0 aliphatic carbocycles. The first-order valence-electron chi connectivity index (χ1n) is 9.15. The van der Waals surface area contributed by atoms with Crippen LogP contribution in [0.3, 0.4) is 0 Å². The lowest BCUT2D eigenvalue weighted by atomic mass is 10.1. The summed E-state index contributed by atoms with van der Waals surface area (Å²) in [5.41, 5.74) is 6.19. The molecule has 0 saturated heterocycles. The number of H-pyrrole nitrogens is 1. The molecule has 5 nitrogen and oxygen atoms in total. The molecule has 0 radical (unpaired) electrons. The van der Waals surface area contributed by atoms with E-state index in [1.165, 1.54) is 12.1 Å². The molecule has 0 spiro atoms. The maximum atomic E-state index is 13.5. The number of hydrogen-bond acceptors (Lipinski definition) is 2. The van der Waals surface area contributed by atoms with E-state index in [2.05, 4.69) is 15.6 Å². The largest absolute Gasteiger partial charge is 0.358 e. The summed E-state index contributed by atoms with van der Waals surface area (Å²) in [5.74, 6) is -0.928. The number of carbonyl (C=O) groups excluding carboxylic acids is 2. The monoisotopic (exact) mass is 381 g/mol. The summed E-state index contributed by atoms with van der Waals surface area (Å²) in [5, 5.41) is 6.18. The number of aryl methyl sites for hydroxylation is 4. The molecule has 146 valence electrons. The molecular weight excluding hydrogens is 357 g/mol. The molecule has 2 aromatic carbocycles. The van der Waals surface area contributed by atoms with Crippen LogP contribution in [0.25, 0.3) is 10.9 Å². The van der Waals surface area contributed by atoms with Gasteiger partial charge in [-0.2, -0.15) is 0 Å². The Morgan fingerprint density at radius 1 is 1.00 bits per heavy atom. The summed E-state index contributed by atoms with van der Waals surface area (Å²) in [6.45, 7) is 7.60. The Hall–Kier alpha value is -3.15. The van der Waals surface area contributed by atoms with Gasteiger partial charge in [0.2, 0.25) is 11.8 Å². The van der Waals surface area contributed by atoms with Crippen molar-refractivity contribution in [2.45, 2.75) is 34.1 Å². The smallest absolute Gasteiger partial charge is 0.243 e. The third-order valence-corrected chi connectivity index (χ3v) is 4.81. The van der Waals surface area contributed by atoms with Gasteiger partial charge in [0.05, 0.1) is 13.0 Å². The number of nitrogens with one attached hydrogen (secondary N) is 3. The summed E-state index contributed by atoms with van der Waals surface area (Å²) in [6.07, 6.45) is 0.0746. The van der Waals surface area contributed by atoms with E-state index in [4.69, 9.17) is 0 Å². The topological polar surface area (TPSA) is 74.0 Å². The fourth-order valence-electron chi connectivity index (χ4n) is 3.55. The van der Waals surface area contributed by atoms with Crippen LogP contribution in [0.1, 0.15) is 27.9 Å². The molecule has 3 N–H and O–H groups in total. The minimum absolute atomic E-state index is 0.0746. The van der Waals surface area contributed by atoms with Crippen LogP contribution in [0.2, 0.25) is 0 Å². The molecule has 1 aromatic heterocycles. The summed E-state index contributed by atoms with van der Waals surface area (Å²) in [7, 11) is 0. The van der Waals surface area contributed by atoms with Crippen LogP contribution in [0, 0.1) is 33.5 Å². The normalized spacial score (nSPS) is 10.9. The Morgan fingerprint density at radius 3 is 2.36 bits per heavy atom. The van der Waals surface area contributed by atoms with Gasteiger partial charge in [-0.15, -0.1) is 0 Å². The van der Waals surface area contributed by atoms with Crippen LogP contribution in [0.5, 0.6) is 0 Å². The van der Waals surface area contributed by atoms with E-state index in [9.17, 15) is 14.0 Å². The zero-order chi connectivity index (χ0) is 20.4. The van der Waals surface area contributed by atoms with Crippen molar-refractivity contribution in [1.29, 1.82) is 0 Å². The number of rotatable bonds is 5. The van der Waals surface area contributed by atoms with Gasteiger partial charge in [-0.1, -0.05) is 17.7 Å². The van der Waals surface area contributed by atoms with E-state index in [0.717, 1.165) is 39.2 Å². The summed E-state index contributed by atoms with van der Waals surface area (Å²) >= 11 is 0. The van der Waals surface area contributed by atoms with Gasteiger partial charge < -0.3 is 15.6 Å². The number of aromatic amines is 1. The Bertz CT molecular complexity index is 1050. The number of hydrogen-bond donors (Lipinski definition) is 3. The lowest BCUT2D eigenvalue weighted by molar-refractivity contribution is -0.123. The van der Waals surface area contributed by atoms with E-state index in [0.29, 0.717) is 5.39 Å². The fraction of sp³-hybridized carbons (Fsp3) is 0.273. The second-order valence-electron chi connectivity index (χ2n) is 7.19. The summed E-state index contributed by atoms with van der Waals surface area (Å²) in [4.78, 5) is 27.7. The Kier molecular flexibility index (Phi) is 5.49. The Morgan fingerprint density at radius 2 is 1.68 bits per heavy atom. The second-order valence-corrected chi connectivity index (χ2v) is 7.19. The number of halogens is 1. The number of carbonyl (C=O) groups is 2. The highest BCUT2D eigenvalue weighted by atomic mass is 19.1. The molecule has 0 saturated carbocycles. The molecule has 0 unspecified atom stereocenters. The van der Waals surface area contributed by atoms with Crippen LogP contribution in [-0.2, 0) is 16.0 Å². The van der Waals surface area contributed by atoms with Gasteiger partial charge in [0, 0.05) is 22.3 Å². The van der Waals surface area contributed by atoms with Gasteiger partial charge in [0.1, 0.15) is 5.82 Å². The van der Waals surface area contributed by atoms with Crippen molar-refractivity contribution in [3.63, 3.8) is 0 Å². The number of fused-ring (bicyclic) bond motifs is 1. The van der Waals surface area contributed by atoms with Crippen LogP contribution < -0.4 is 10.6 Å². The highest BCUT2D eigenvalue weighted by Crippen LogP contribution is 2.24. The maximum absolute atomic E-state index is 13.5. The number of anilines is 1. The van der Waals surface area contributed by atoms with Crippen molar-refractivity contribution < 1.29 is 14.0 Å². The Balaban J connectivity index is 1.63. The van der Waals surface area contributed by atoms with Gasteiger partial charge in [0.15, 0.2) is 0 Å². The maximum Gasteiger partial charge on any atom is 0.243 e. The number of amides is 2. The van der Waals surface area contributed by atoms with E-state index >= 15 is 0 Å². The quantitative estimate of drug-likeness (QED) is 0.628. The molecule has 0 atom stereocenters. The van der Waals surface area contributed by atoms with Crippen molar-refractivity contribution >= 4 is 28.4 Å². The standard InChI is InChI=1S/C22H24FN3O2/c1-12-7-13(2)22(14(3)8-12)26-21(28)11-24-20(27)10-17-15(4)25-19-6-5-16(23)9-18(17)19/h5-9,25H,10-11H2,1-4H3,(H,24,27)(H,26,28). The third-order valence-electron chi connectivity index (χ3n) is 4.81. The van der Waals surface area contributed by atoms with E-state index in [1.54, 1.807) is 6.07 Å². The third kappa shape index (κ3) is 4.22. The average molecular weight is 381 g/mol. The Labute approximate surface area is 163 Å². The molecule has 0 fully saturated rings. The molecular formula is C22H24FN3O2. The molecule has 2 amide bonds. The van der Waals surface area contributed by atoms with Crippen molar-refractivity contribution in [3.05, 3.63) is 64.1 Å². The molecule has 0 aliphatic heterocycles. The lowest BCUT2D eigenvalue weighted by Crippen LogP contribution is -2.34. The zero-order valence-corrected chi connectivity index (χ0v) is 16.5. The molecule has 6 heteroatoms. The number of aromatic nitrogens is 1. The van der Waals surface area contributed by atoms with Gasteiger partial charge in [0.25, 0.3) is 0 Å². The molecule has 3 aromatic rings. The second kappa shape index (κ2) is 7.84. The summed E-state index contributed by atoms with van der Waals surface area (Å²) in [6, 6.07) is 8.44. The highest BCUT2D eigenvalue weighted by molar-refractivity contribution is 5.97. The van der Waals surface area contributed by atoms with Crippen LogP contribution >= 0.6 is 0 Å². The first-order valence-corrected chi connectivity index (χ1v) is 9.15. The van der Waals surface area contributed by atoms with Gasteiger partial charge in [-0.05, 0) is 62.6 Å². The predicted molar refractivity (Wildman–Crippen MR) is 109 cm³/mol. The molecule has 3 rings (SSSR count). The number of benzene rings is 2. The highest BCUT2D eigenvalue weighted by Gasteiger charge is 2.14. The predicted octanol–water partition coefficient (Wildman–Crippen LogP) is 3.84. The van der Waals surface area contributed by atoms with Crippen molar-refractivity contribution in [2.24, 2.45) is 0 Å². The fourth-order valence-corrected chi connectivity index (χ4v) is 3.55. The van der Waals surface area contributed by atoms with Crippen molar-refractivity contribution in [1.82, 2.24) is 10.3 Å². The van der Waals surface area contributed by atoms with Gasteiger partial charge >= 0.3 is 0 Å². The van der Waals surface area contributed by atoms with Crippen LogP contribution in [0.4, 0.5) is 10.1 Å². The van der Waals surface area contributed by atoms with Crippen LogP contribution in [0.15, 0.2) is 30.3 Å². The average Bonchev–Trinajstić information content (AvgIpc) is 2.91. The molecule has 0 aliphatic rings. The SMILES string of the molecule is Cc1cc(C)c(NC(=O)CNC(=O)Cc2c(C)[nH]c3ccc(F)cc23)c(C)c1. The lowest BCUT2D eigenvalue weighted by Gasteiger charge is -2.13. The zero-order valence-electron chi connectivity index (χ0n) is 16.5. The van der Waals surface area contributed by atoms with E-state index in [-0.39, 0.29) is 30.6 Å². The molecule has 1 heterocycles. The minimum Gasteiger partial charge on any atom is -0.358 e. The van der Waals surface area contributed by atoms with Crippen molar-refractivity contribution in [2.75, 3.05) is 11.9 Å². The first kappa shape index (κ1) is 19.6. The van der Waals surface area contributed by atoms with Gasteiger partial charge in [-0.25, -0.2) is 4.39 Å². The molecule has 28 heavy (non-hydrogen) atoms. The van der Waals surface area contributed by atoms with Crippen molar-refractivity contribution in [3.8, 4) is 0 Å². The van der Waals surface area contributed by atoms with Gasteiger partial charge in [-0.3, -0.25) is 9.59 Å². The van der Waals surface area contributed by atoms with E-state index < -0.39 is 0 Å². The first-order chi connectivity index (χ1) is 13.2. The molecule has 0 bridgehead atoms. The summed E-state index contributed by atoms with van der Waals surface area (Å²) < 4.78 is 13.5. The van der Waals surface area contributed by atoms with Crippen LogP contribution in [-0.4, -0.2) is 23.3 Å².